The van der Waals surface area contributed by atoms with Crippen LogP contribution in [0.4, 0.5) is 0 Å². The van der Waals surface area contributed by atoms with E-state index in [0.29, 0.717) is 18.5 Å². The van der Waals surface area contributed by atoms with E-state index < -0.39 is 11.5 Å². The molecule has 5 N–H and O–H groups in total. The molecule has 0 saturated carbocycles. The molecule has 0 bridgehead atoms. The minimum Gasteiger partial charge on any atom is -0.481 e. The molecule has 0 heterocycles. The number of carbonyl (C=O) groups is 1. The van der Waals surface area contributed by atoms with Crippen molar-refractivity contribution in [1.82, 2.24) is 0 Å². The maximum absolute atomic E-state index is 10.3. The Morgan fingerprint density at radius 2 is 2.38 bits per heavy atom. The fourth-order valence-corrected chi connectivity index (χ4v) is 1.23. The molecule has 1 aliphatic carbocycles. The molecule has 0 aliphatic heterocycles. The molecule has 1 atom stereocenters. The molecule has 1 aliphatic rings. The highest BCUT2D eigenvalue weighted by atomic mass is 16.4. The van der Waals surface area contributed by atoms with E-state index >= 15 is 0 Å². The van der Waals surface area contributed by atoms with E-state index in [1.54, 1.807) is 12.2 Å². The zero-order chi connectivity index (χ0) is 9.90. The minimum absolute atomic E-state index is 0.0918. The minimum atomic E-state index is -0.819. The highest BCUT2D eigenvalue weighted by Crippen LogP contribution is 2.21. The largest absolute Gasteiger partial charge is 0.481 e. The number of allylic oxidation sites excluding steroid dienone is 1. The number of carboxylic acid groups (broad SMARTS) is 1. The molecule has 0 saturated heterocycles. The van der Waals surface area contributed by atoms with Crippen LogP contribution in [0, 0.1) is 0 Å². The number of nitrogens with two attached hydrogens (primary N) is 2. The third kappa shape index (κ3) is 2.91. The van der Waals surface area contributed by atoms with Crippen molar-refractivity contribution < 1.29 is 9.90 Å². The van der Waals surface area contributed by atoms with Gasteiger partial charge in [-0.2, -0.15) is 0 Å². The van der Waals surface area contributed by atoms with Crippen LogP contribution in [0.2, 0.25) is 0 Å². The SMILES string of the molecule is NC1=CCC(N)(CCC(=O)O)C=C1. The first kappa shape index (κ1) is 9.80. The van der Waals surface area contributed by atoms with Crippen LogP contribution >= 0.6 is 0 Å². The summed E-state index contributed by atoms with van der Waals surface area (Å²) in [7, 11) is 0. The Balaban J connectivity index is 2.50. The second-order valence-electron chi connectivity index (χ2n) is 3.37. The Morgan fingerprint density at radius 1 is 1.69 bits per heavy atom. The van der Waals surface area contributed by atoms with Crippen LogP contribution in [0.3, 0.4) is 0 Å². The van der Waals surface area contributed by atoms with Gasteiger partial charge in [0, 0.05) is 17.7 Å². The van der Waals surface area contributed by atoms with Gasteiger partial charge in [-0.3, -0.25) is 4.79 Å². The molecule has 1 rings (SSSR count). The van der Waals surface area contributed by atoms with E-state index in [-0.39, 0.29) is 6.42 Å². The van der Waals surface area contributed by atoms with Crippen LogP contribution in [-0.4, -0.2) is 16.6 Å². The first-order valence-corrected chi connectivity index (χ1v) is 4.17. The van der Waals surface area contributed by atoms with E-state index in [1.165, 1.54) is 0 Å². The molecule has 1 unspecified atom stereocenters. The van der Waals surface area contributed by atoms with Crippen molar-refractivity contribution in [2.75, 3.05) is 0 Å². The van der Waals surface area contributed by atoms with E-state index in [2.05, 4.69) is 0 Å². The standard InChI is InChI=1S/C9H14N2O2/c10-7-1-4-9(11,5-2-7)6-3-8(12)13/h1-2,4H,3,5-6,10-11H2,(H,12,13). The number of hydrogen-bond donors (Lipinski definition) is 3. The number of rotatable bonds is 3. The summed E-state index contributed by atoms with van der Waals surface area (Å²) >= 11 is 0. The highest BCUT2D eigenvalue weighted by molar-refractivity contribution is 5.66. The van der Waals surface area contributed by atoms with Gasteiger partial charge in [-0.15, -0.1) is 0 Å². The van der Waals surface area contributed by atoms with Crippen molar-refractivity contribution in [3.63, 3.8) is 0 Å². The topological polar surface area (TPSA) is 89.3 Å². The number of aliphatic carboxylic acids is 1. The van der Waals surface area contributed by atoms with Crippen molar-refractivity contribution in [1.29, 1.82) is 0 Å². The van der Waals surface area contributed by atoms with Crippen molar-refractivity contribution in [2.24, 2.45) is 11.5 Å². The van der Waals surface area contributed by atoms with Gasteiger partial charge >= 0.3 is 5.97 Å². The summed E-state index contributed by atoms with van der Waals surface area (Å²) in [4.78, 5) is 10.3. The summed E-state index contributed by atoms with van der Waals surface area (Å²) in [6, 6.07) is 0. The van der Waals surface area contributed by atoms with Crippen molar-refractivity contribution in [3.8, 4) is 0 Å². The Morgan fingerprint density at radius 3 is 2.85 bits per heavy atom. The zero-order valence-electron chi connectivity index (χ0n) is 7.36. The molecule has 0 aromatic carbocycles. The first-order valence-electron chi connectivity index (χ1n) is 4.17. The summed E-state index contributed by atoms with van der Waals surface area (Å²) in [5, 5.41) is 8.49. The lowest BCUT2D eigenvalue weighted by Crippen LogP contribution is -2.39. The molecule has 13 heavy (non-hydrogen) atoms. The molecule has 0 spiro atoms. The van der Waals surface area contributed by atoms with Gasteiger partial charge in [0.15, 0.2) is 0 Å². The van der Waals surface area contributed by atoms with Crippen molar-refractivity contribution in [3.05, 3.63) is 23.9 Å². The van der Waals surface area contributed by atoms with E-state index in [9.17, 15) is 4.79 Å². The lowest BCUT2D eigenvalue weighted by molar-refractivity contribution is -0.137. The summed E-state index contributed by atoms with van der Waals surface area (Å²) < 4.78 is 0. The quantitative estimate of drug-likeness (QED) is 0.587. The molecule has 4 nitrogen and oxygen atoms in total. The van der Waals surface area contributed by atoms with Gasteiger partial charge in [0.25, 0.3) is 0 Å². The first-order chi connectivity index (χ1) is 6.02. The Bertz CT molecular complexity index is 271. The Hall–Kier alpha value is -1.29. The molecule has 0 radical (unpaired) electrons. The number of carboxylic acids is 1. The molecule has 0 fully saturated rings. The molecule has 4 heteroatoms. The van der Waals surface area contributed by atoms with Gasteiger partial charge in [0.05, 0.1) is 0 Å². The fraction of sp³-hybridized carbons (Fsp3) is 0.444. The summed E-state index contributed by atoms with van der Waals surface area (Å²) in [5.74, 6) is -0.819. The van der Waals surface area contributed by atoms with Crippen LogP contribution in [0.5, 0.6) is 0 Å². The Kier molecular flexibility index (Phi) is 2.72. The van der Waals surface area contributed by atoms with Gasteiger partial charge in [0.2, 0.25) is 0 Å². The normalized spacial score (nSPS) is 27.0. The predicted molar refractivity (Wildman–Crippen MR) is 49.8 cm³/mol. The van der Waals surface area contributed by atoms with E-state index in [1.807, 2.05) is 6.08 Å². The van der Waals surface area contributed by atoms with Gasteiger partial charge in [-0.1, -0.05) is 12.2 Å². The van der Waals surface area contributed by atoms with Gasteiger partial charge < -0.3 is 16.6 Å². The third-order valence-electron chi connectivity index (χ3n) is 2.13. The van der Waals surface area contributed by atoms with Crippen LogP contribution in [0.15, 0.2) is 23.9 Å². The van der Waals surface area contributed by atoms with Crippen molar-refractivity contribution in [2.45, 2.75) is 24.8 Å². The summed E-state index contributed by atoms with van der Waals surface area (Å²) in [5.41, 5.74) is 11.6. The Labute approximate surface area is 76.9 Å². The van der Waals surface area contributed by atoms with Gasteiger partial charge in [0.1, 0.15) is 0 Å². The zero-order valence-corrected chi connectivity index (χ0v) is 7.36. The second-order valence-corrected chi connectivity index (χ2v) is 3.37. The molecule has 72 valence electrons. The molecule has 0 aromatic rings. The second kappa shape index (κ2) is 3.62. The van der Waals surface area contributed by atoms with Crippen LogP contribution in [0.1, 0.15) is 19.3 Å². The summed E-state index contributed by atoms with van der Waals surface area (Å²) in [6.07, 6.45) is 6.48. The molecular formula is C9H14N2O2. The lowest BCUT2D eigenvalue weighted by Gasteiger charge is -2.26. The maximum Gasteiger partial charge on any atom is 0.303 e. The van der Waals surface area contributed by atoms with Gasteiger partial charge in [-0.05, 0) is 18.9 Å². The molecule has 0 aromatic heterocycles. The monoisotopic (exact) mass is 182 g/mol. The average molecular weight is 182 g/mol. The molecule has 0 amide bonds. The number of hydrogen-bond acceptors (Lipinski definition) is 3. The maximum atomic E-state index is 10.3. The van der Waals surface area contributed by atoms with Crippen LogP contribution in [-0.2, 0) is 4.79 Å². The fourth-order valence-electron chi connectivity index (χ4n) is 1.23. The van der Waals surface area contributed by atoms with E-state index in [0.717, 1.165) is 0 Å². The van der Waals surface area contributed by atoms with Crippen molar-refractivity contribution >= 4 is 5.97 Å². The third-order valence-corrected chi connectivity index (χ3v) is 2.13. The lowest BCUT2D eigenvalue weighted by atomic mass is 9.87. The van der Waals surface area contributed by atoms with Crippen LogP contribution in [0.25, 0.3) is 0 Å². The van der Waals surface area contributed by atoms with E-state index in [4.69, 9.17) is 16.6 Å². The highest BCUT2D eigenvalue weighted by Gasteiger charge is 2.23. The smallest absolute Gasteiger partial charge is 0.303 e. The van der Waals surface area contributed by atoms with Crippen LogP contribution < -0.4 is 11.5 Å². The van der Waals surface area contributed by atoms with Gasteiger partial charge in [-0.25, -0.2) is 0 Å². The summed E-state index contributed by atoms with van der Waals surface area (Å²) in [6.45, 7) is 0. The predicted octanol–water partition coefficient (Wildman–Crippen LogP) is 0.351. The molecular weight excluding hydrogens is 168 g/mol. The average Bonchev–Trinajstić information content (AvgIpc) is 2.08.